The Labute approximate surface area is 115 Å². The van der Waals surface area contributed by atoms with E-state index in [4.69, 9.17) is 0 Å². The zero-order valence-electron chi connectivity index (χ0n) is 11.2. The SMILES string of the molecule is CNc1c(F)cccc1C(=O)N(C)c1cccc(F)c1. The molecule has 0 radical (unpaired) electrons. The van der Waals surface area contributed by atoms with Gasteiger partial charge >= 0.3 is 0 Å². The van der Waals surface area contributed by atoms with Gasteiger partial charge in [0.25, 0.3) is 5.91 Å². The van der Waals surface area contributed by atoms with Gasteiger partial charge in [0.1, 0.15) is 11.6 Å². The maximum Gasteiger partial charge on any atom is 0.260 e. The number of halogens is 2. The molecule has 5 heteroatoms. The monoisotopic (exact) mass is 276 g/mol. The van der Waals surface area contributed by atoms with Crippen LogP contribution < -0.4 is 10.2 Å². The third-order valence-corrected chi connectivity index (χ3v) is 2.99. The molecule has 0 aliphatic carbocycles. The average Bonchev–Trinajstić information content (AvgIpc) is 2.45. The molecule has 0 heterocycles. The molecule has 1 N–H and O–H groups in total. The summed E-state index contributed by atoms with van der Waals surface area (Å²) in [5, 5.41) is 2.67. The number of carbonyl (C=O) groups is 1. The van der Waals surface area contributed by atoms with Crippen LogP contribution in [0.2, 0.25) is 0 Å². The van der Waals surface area contributed by atoms with Gasteiger partial charge in [0, 0.05) is 19.8 Å². The lowest BCUT2D eigenvalue weighted by Crippen LogP contribution is -2.27. The summed E-state index contributed by atoms with van der Waals surface area (Å²) in [6.45, 7) is 0. The Morgan fingerprint density at radius 3 is 2.50 bits per heavy atom. The van der Waals surface area contributed by atoms with Crippen LogP contribution in [0, 0.1) is 11.6 Å². The molecule has 1 amide bonds. The Morgan fingerprint density at radius 2 is 1.85 bits per heavy atom. The van der Waals surface area contributed by atoms with Crippen LogP contribution in [0.5, 0.6) is 0 Å². The van der Waals surface area contributed by atoms with Gasteiger partial charge in [-0.05, 0) is 30.3 Å². The Bertz CT molecular complexity index is 644. The quantitative estimate of drug-likeness (QED) is 0.933. The molecule has 0 unspecified atom stereocenters. The summed E-state index contributed by atoms with van der Waals surface area (Å²) in [5.74, 6) is -1.36. The number of amides is 1. The molecule has 0 fully saturated rings. The van der Waals surface area contributed by atoms with Gasteiger partial charge in [-0.1, -0.05) is 12.1 Å². The van der Waals surface area contributed by atoms with E-state index < -0.39 is 17.5 Å². The molecule has 0 aliphatic heterocycles. The standard InChI is InChI=1S/C15H14F2N2O/c1-18-14-12(7-4-8-13(14)17)15(20)19(2)11-6-3-5-10(16)9-11/h3-9,18H,1-2H3. The van der Waals surface area contributed by atoms with Crippen molar-refractivity contribution in [2.24, 2.45) is 0 Å². The highest BCUT2D eigenvalue weighted by Crippen LogP contribution is 2.23. The largest absolute Gasteiger partial charge is 0.385 e. The Morgan fingerprint density at radius 1 is 1.15 bits per heavy atom. The Kier molecular flexibility index (Phi) is 3.98. The van der Waals surface area contributed by atoms with Crippen molar-refractivity contribution >= 4 is 17.3 Å². The topological polar surface area (TPSA) is 32.3 Å². The van der Waals surface area contributed by atoms with Crippen LogP contribution in [0.3, 0.4) is 0 Å². The van der Waals surface area contributed by atoms with E-state index in [2.05, 4.69) is 5.32 Å². The first kappa shape index (κ1) is 14.0. The van der Waals surface area contributed by atoms with Crippen molar-refractivity contribution in [1.29, 1.82) is 0 Å². The van der Waals surface area contributed by atoms with Crippen LogP contribution in [-0.2, 0) is 0 Å². The summed E-state index contributed by atoms with van der Waals surface area (Å²) in [4.78, 5) is 13.7. The highest BCUT2D eigenvalue weighted by Gasteiger charge is 2.19. The van der Waals surface area contributed by atoms with Crippen molar-refractivity contribution in [3.63, 3.8) is 0 Å². The summed E-state index contributed by atoms with van der Waals surface area (Å²) < 4.78 is 26.8. The molecule has 2 aromatic carbocycles. The lowest BCUT2D eigenvalue weighted by atomic mass is 10.1. The number of benzene rings is 2. The van der Waals surface area contributed by atoms with Gasteiger partial charge in [-0.2, -0.15) is 0 Å². The molecule has 0 aromatic heterocycles. The van der Waals surface area contributed by atoms with Crippen LogP contribution in [0.15, 0.2) is 42.5 Å². The molecule has 0 bridgehead atoms. The fourth-order valence-corrected chi connectivity index (χ4v) is 1.94. The number of para-hydroxylation sites is 1. The first-order chi connectivity index (χ1) is 9.54. The lowest BCUT2D eigenvalue weighted by molar-refractivity contribution is 0.0993. The van der Waals surface area contributed by atoms with Crippen LogP contribution in [-0.4, -0.2) is 20.0 Å². The molecule has 0 spiro atoms. The molecule has 0 atom stereocenters. The summed E-state index contributed by atoms with van der Waals surface area (Å²) in [7, 11) is 3.05. The van der Waals surface area contributed by atoms with Crippen molar-refractivity contribution in [3.8, 4) is 0 Å². The number of hydrogen-bond acceptors (Lipinski definition) is 2. The molecule has 0 saturated heterocycles. The first-order valence-corrected chi connectivity index (χ1v) is 6.04. The van der Waals surface area contributed by atoms with Crippen molar-refractivity contribution in [1.82, 2.24) is 0 Å². The molecule has 0 saturated carbocycles. The summed E-state index contributed by atoms with van der Waals surface area (Å²) in [6, 6.07) is 9.91. The third-order valence-electron chi connectivity index (χ3n) is 2.99. The molecule has 2 aromatic rings. The van der Waals surface area contributed by atoms with E-state index in [1.807, 2.05) is 0 Å². The van der Waals surface area contributed by atoms with E-state index >= 15 is 0 Å². The molecule has 104 valence electrons. The summed E-state index contributed by atoms with van der Waals surface area (Å²) >= 11 is 0. The first-order valence-electron chi connectivity index (χ1n) is 6.04. The van der Waals surface area contributed by atoms with Crippen LogP contribution in [0.25, 0.3) is 0 Å². The zero-order chi connectivity index (χ0) is 14.7. The summed E-state index contributed by atoms with van der Waals surface area (Å²) in [6.07, 6.45) is 0. The zero-order valence-corrected chi connectivity index (χ0v) is 11.2. The lowest BCUT2D eigenvalue weighted by Gasteiger charge is -2.19. The second-order valence-corrected chi connectivity index (χ2v) is 4.26. The van der Waals surface area contributed by atoms with Gasteiger partial charge in [-0.3, -0.25) is 4.79 Å². The van der Waals surface area contributed by atoms with Crippen molar-refractivity contribution < 1.29 is 13.6 Å². The third kappa shape index (κ3) is 2.61. The minimum atomic E-state index is -0.508. The number of hydrogen-bond donors (Lipinski definition) is 1. The minimum absolute atomic E-state index is 0.126. The van der Waals surface area contributed by atoms with E-state index in [-0.39, 0.29) is 11.3 Å². The Balaban J connectivity index is 2.39. The number of nitrogens with one attached hydrogen (secondary N) is 1. The number of carbonyl (C=O) groups excluding carboxylic acids is 1. The Hall–Kier alpha value is -2.43. The second kappa shape index (κ2) is 5.69. The highest BCUT2D eigenvalue weighted by molar-refractivity contribution is 6.09. The normalized spacial score (nSPS) is 10.2. The van der Waals surface area contributed by atoms with Crippen LogP contribution in [0.4, 0.5) is 20.2 Å². The smallest absolute Gasteiger partial charge is 0.260 e. The number of rotatable bonds is 3. The molecule has 0 aliphatic rings. The van der Waals surface area contributed by atoms with E-state index in [0.717, 1.165) is 0 Å². The fourth-order valence-electron chi connectivity index (χ4n) is 1.94. The van der Waals surface area contributed by atoms with Gasteiger partial charge in [-0.15, -0.1) is 0 Å². The predicted molar refractivity (Wildman–Crippen MR) is 75.1 cm³/mol. The van der Waals surface area contributed by atoms with E-state index in [0.29, 0.717) is 5.69 Å². The van der Waals surface area contributed by atoms with Gasteiger partial charge in [-0.25, -0.2) is 8.78 Å². The minimum Gasteiger partial charge on any atom is -0.385 e. The molecular formula is C15H14F2N2O. The van der Waals surface area contributed by atoms with E-state index in [1.165, 1.54) is 55.4 Å². The van der Waals surface area contributed by atoms with Crippen LogP contribution in [0.1, 0.15) is 10.4 Å². The van der Waals surface area contributed by atoms with Crippen molar-refractivity contribution in [2.45, 2.75) is 0 Å². The van der Waals surface area contributed by atoms with Crippen LogP contribution >= 0.6 is 0 Å². The second-order valence-electron chi connectivity index (χ2n) is 4.26. The maximum atomic E-state index is 13.6. The van der Waals surface area contributed by atoms with E-state index in [1.54, 1.807) is 6.07 Å². The molecule has 20 heavy (non-hydrogen) atoms. The van der Waals surface area contributed by atoms with E-state index in [9.17, 15) is 13.6 Å². The fraction of sp³-hybridized carbons (Fsp3) is 0.133. The van der Waals surface area contributed by atoms with Crippen molar-refractivity contribution in [2.75, 3.05) is 24.3 Å². The summed E-state index contributed by atoms with van der Waals surface area (Å²) in [5.41, 5.74) is 0.723. The molecular weight excluding hydrogens is 262 g/mol. The molecule has 3 nitrogen and oxygen atoms in total. The van der Waals surface area contributed by atoms with Gasteiger partial charge in [0.2, 0.25) is 0 Å². The molecule has 2 rings (SSSR count). The van der Waals surface area contributed by atoms with Gasteiger partial charge in [0.05, 0.1) is 11.3 Å². The predicted octanol–water partition coefficient (Wildman–Crippen LogP) is 3.28. The maximum absolute atomic E-state index is 13.6. The van der Waals surface area contributed by atoms with Gasteiger partial charge in [0.15, 0.2) is 0 Å². The van der Waals surface area contributed by atoms with Crippen molar-refractivity contribution in [3.05, 3.63) is 59.7 Å². The highest BCUT2D eigenvalue weighted by atomic mass is 19.1. The van der Waals surface area contributed by atoms with Gasteiger partial charge < -0.3 is 10.2 Å². The average molecular weight is 276 g/mol. The number of anilines is 2. The number of nitrogens with zero attached hydrogens (tertiary/aromatic N) is 1.